The summed E-state index contributed by atoms with van der Waals surface area (Å²) in [6.45, 7) is 12.1. The van der Waals surface area contributed by atoms with Gasteiger partial charge in [0, 0.05) is 30.8 Å². The number of ketones is 2. The van der Waals surface area contributed by atoms with E-state index < -0.39 is 6.03 Å². The number of primary amides is 1. The number of carbonyl (C=O) groups excluding carboxylic acids is 3. The Morgan fingerprint density at radius 1 is 1.00 bits per heavy atom. The quantitative estimate of drug-likeness (QED) is 0.474. The molecule has 0 aliphatic rings. The van der Waals surface area contributed by atoms with Crippen LogP contribution in [0.3, 0.4) is 0 Å². The molecule has 2 atom stereocenters. The van der Waals surface area contributed by atoms with Crippen LogP contribution in [0.1, 0.15) is 60.8 Å². The lowest BCUT2D eigenvalue weighted by molar-refractivity contribution is -0.132. The summed E-state index contributed by atoms with van der Waals surface area (Å²) in [6.07, 6.45) is 1.53. The molecule has 0 heterocycles. The average Bonchev–Trinajstić information content (AvgIpc) is 2.45. The van der Waals surface area contributed by atoms with E-state index in [1.165, 1.54) is 0 Å². The van der Waals surface area contributed by atoms with Gasteiger partial charge in [-0.2, -0.15) is 0 Å². The zero-order chi connectivity index (χ0) is 18.9. The van der Waals surface area contributed by atoms with Gasteiger partial charge in [-0.15, -0.1) is 0 Å². The van der Waals surface area contributed by atoms with Gasteiger partial charge < -0.3 is 16.4 Å². The molecule has 0 fully saturated rings. The van der Waals surface area contributed by atoms with Gasteiger partial charge in [-0.05, 0) is 18.8 Å². The van der Waals surface area contributed by atoms with Gasteiger partial charge in [0.25, 0.3) is 0 Å². The summed E-state index contributed by atoms with van der Waals surface area (Å²) >= 11 is 0. The maximum absolute atomic E-state index is 12.7. The first-order valence-corrected chi connectivity index (χ1v) is 8.92. The summed E-state index contributed by atoms with van der Waals surface area (Å²) in [5.74, 6) is 0.0479. The molecule has 0 aromatic carbocycles. The van der Waals surface area contributed by atoms with E-state index in [1.807, 2.05) is 41.5 Å². The minimum absolute atomic E-state index is 0.0653. The van der Waals surface area contributed by atoms with Crippen molar-refractivity contribution >= 4 is 17.6 Å². The van der Waals surface area contributed by atoms with Crippen LogP contribution in [0, 0.1) is 17.8 Å². The molecular weight excluding hydrogens is 306 g/mol. The molecule has 6 nitrogen and oxygen atoms in total. The third-order valence-corrected chi connectivity index (χ3v) is 4.05. The second kappa shape index (κ2) is 11.2. The maximum atomic E-state index is 12.7. The third kappa shape index (κ3) is 9.01. The van der Waals surface area contributed by atoms with Crippen LogP contribution in [0.4, 0.5) is 4.79 Å². The van der Waals surface area contributed by atoms with Gasteiger partial charge in [0.15, 0.2) is 0 Å². The smallest absolute Gasteiger partial charge is 0.312 e. The average molecular weight is 341 g/mol. The van der Waals surface area contributed by atoms with Crippen LogP contribution in [0.5, 0.6) is 0 Å². The van der Waals surface area contributed by atoms with Gasteiger partial charge in [-0.25, -0.2) is 4.79 Å². The van der Waals surface area contributed by atoms with E-state index in [0.717, 1.165) is 0 Å². The molecule has 6 heteroatoms. The number of hydrogen-bond donors (Lipinski definition) is 3. The molecule has 0 bridgehead atoms. The number of nitrogens with two attached hydrogens (primary N) is 1. The predicted molar refractivity (Wildman–Crippen MR) is 96.7 cm³/mol. The molecule has 0 aliphatic heterocycles. The maximum Gasteiger partial charge on any atom is 0.312 e. The SMILES string of the molecule is CC(C)NC(CCCNC(N)=O)C(=O)CC(C(=O)C(C)C)C(C)C. The lowest BCUT2D eigenvalue weighted by Gasteiger charge is -2.25. The highest BCUT2D eigenvalue weighted by atomic mass is 16.2. The van der Waals surface area contributed by atoms with Gasteiger partial charge in [-0.1, -0.05) is 41.5 Å². The summed E-state index contributed by atoms with van der Waals surface area (Å²) in [7, 11) is 0. The third-order valence-electron chi connectivity index (χ3n) is 4.05. The highest BCUT2D eigenvalue weighted by Gasteiger charge is 2.29. The molecule has 0 saturated carbocycles. The molecule has 0 aromatic rings. The van der Waals surface area contributed by atoms with Crippen LogP contribution in [0.25, 0.3) is 0 Å². The number of carbonyl (C=O) groups is 3. The number of urea groups is 1. The molecule has 4 N–H and O–H groups in total. The molecule has 2 unspecified atom stereocenters. The van der Waals surface area contributed by atoms with E-state index in [4.69, 9.17) is 5.73 Å². The van der Waals surface area contributed by atoms with Crippen LogP contribution in [0.15, 0.2) is 0 Å². The van der Waals surface area contributed by atoms with E-state index in [2.05, 4.69) is 10.6 Å². The number of rotatable bonds is 12. The Morgan fingerprint density at radius 3 is 2.00 bits per heavy atom. The van der Waals surface area contributed by atoms with Gasteiger partial charge >= 0.3 is 6.03 Å². The predicted octanol–water partition coefficient (Wildman–Crippen LogP) is 2.26. The van der Waals surface area contributed by atoms with Crippen molar-refractivity contribution in [2.24, 2.45) is 23.5 Å². The largest absolute Gasteiger partial charge is 0.352 e. The van der Waals surface area contributed by atoms with Crippen LogP contribution < -0.4 is 16.4 Å². The summed E-state index contributed by atoms with van der Waals surface area (Å²) in [5, 5.41) is 5.81. The van der Waals surface area contributed by atoms with Gasteiger partial charge in [-0.3, -0.25) is 9.59 Å². The van der Waals surface area contributed by atoms with Crippen LogP contribution in [-0.4, -0.2) is 36.2 Å². The van der Waals surface area contributed by atoms with Crippen molar-refractivity contribution in [3.05, 3.63) is 0 Å². The fraction of sp³-hybridized carbons (Fsp3) is 0.833. The Labute approximate surface area is 146 Å². The van der Waals surface area contributed by atoms with Gasteiger partial charge in [0.1, 0.15) is 11.6 Å². The van der Waals surface area contributed by atoms with Gasteiger partial charge in [0.2, 0.25) is 0 Å². The standard InChI is InChI=1S/C18H35N3O3/c1-11(2)14(17(23)12(3)4)10-16(22)15(21-13(5)6)8-7-9-20-18(19)24/h11-15,21H,7-10H2,1-6H3,(H3,19,20,24). The first kappa shape index (κ1) is 22.6. The molecule has 24 heavy (non-hydrogen) atoms. The van der Waals surface area contributed by atoms with Crippen molar-refractivity contribution in [1.29, 1.82) is 0 Å². The van der Waals surface area contributed by atoms with Crippen molar-refractivity contribution in [3.8, 4) is 0 Å². The van der Waals surface area contributed by atoms with Crippen molar-refractivity contribution in [2.75, 3.05) is 6.54 Å². The number of nitrogens with one attached hydrogen (secondary N) is 2. The number of amides is 2. The summed E-state index contributed by atoms with van der Waals surface area (Å²) in [4.78, 5) is 35.8. The zero-order valence-electron chi connectivity index (χ0n) is 16.0. The van der Waals surface area contributed by atoms with Crippen LogP contribution in [0.2, 0.25) is 0 Å². The fourth-order valence-electron chi connectivity index (χ4n) is 2.71. The molecule has 0 spiro atoms. The summed E-state index contributed by atoms with van der Waals surface area (Å²) in [6, 6.07) is -0.695. The highest BCUT2D eigenvalue weighted by Crippen LogP contribution is 2.22. The Hall–Kier alpha value is -1.43. The van der Waals surface area contributed by atoms with Gasteiger partial charge in [0.05, 0.1) is 6.04 Å². The summed E-state index contributed by atoms with van der Waals surface area (Å²) < 4.78 is 0. The van der Waals surface area contributed by atoms with E-state index in [-0.39, 0.29) is 47.8 Å². The Bertz CT molecular complexity index is 420. The molecule has 0 radical (unpaired) electrons. The molecule has 140 valence electrons. The lowest BCUT2D eigenvalue weighted by atomic mass is 9.81. The topological polar surface area (TPSA) is 101 Å². The minimum atomic E-state index is -0.558. The summed E-state index contributed by atoms with van der Waals surface area (Å²) in [5.41, 5.74) is 5.04. The van der Waals surface area contributed by atoms with Crippen molar-refractivity contribution in [3.63, 3.8) is 0 Å². The van der Waals surface area contributed by atoms with E-state index in [9.17, 15) is 14.4 Å². The monoisotopic (exact) mass is 341 g/mol. The minimum Gasteiger partial charge on any atom is -0.352 e. The molecule has 0 rings (SSSR count). The number of Topliss-reactive ketones (excluding diaryl/α,β-unsaturated/α-hetero) is 2. The van der Waals surface area contributed by atoms with Crippen LogP contribution in [-0.2, 0) is 9.59 Å². The Morgan fingerprint density at radius 2 is 1.58 bits per heavy atom. The van der Waals surface area contributed by atoms with E-state index in [0.29, 0.717) is 19.4 Å². The first-order valence-electron chi connectivity index (χ1n) is 8.92. The molecule has 0 aromatic heterocycles. The normalized spacial score (nSPS) is 14.0. The molecule has 0 aliphatic carbocycles. The number of hydrogen-bond acceptors (Lipinski definition) is 4. The van der Waals surface area contributed by atoms with Crippen LogP contribution >= 0.6 is 0 Å². The van der Waals surface area contributed by atoms with Crippen molar-refractivity contribution < 1.29 is 14.4 Å². The molecular formula is C18H35N3O3. The van der Waals surface area contributed by atoms with E-state index in [1.54, 1.807) is 0 Å². The zero-order valence-corrected chi connectivity index (χ0v) is 16.0. The van der Waals surface area contributed by atoms with Crippen molar-refractivity contribution in [1.82, 2.24) is 10.6 Å². The first-order chi connectivity index (χ1) is 11.1. The van der Waals surface area contributed by atoms with Crippen molar-refractivity contribution in [2.45, 2.75) is 72.9 Å². The molecule has 0 saturated heterocycles. The lowest BCUT2D eigenvalue weighted by Crippen LogP contribution is -2.43. The Balaban J connectivity index is 4.82. The second-order valence-electron chi connectivity index (χ2n) is 7.39. The fourth-order valence-corrected chi connectivity index (χ4v) is 2.71. The van der Waals surface area contributed by atoms with E-state index >= 15 is 0 Å². The highest BCUT2D eigenvalue weighted by molar-refractivity contribution is 5.91. The molecule has 2 amide bonds. The second-order valence-corrected chi connectivity index (χ2v) is 7.39. The Kier molecular flexibility index (Phi) is 10.5.